The molecule has 0 aromatic carbocycles. The fraction of sp³-hybridized carbons (Fsp3) is 0.867. The molecule has 6 nitrogen and oxygen atoms in total. The van der Waals surface area contributed by atoms with Crippen LogP contribution in [0, 0.1) is 5.92 Å². The lowest BCUT2D eigenvalue weighted by Gasteiger charge is -2.28. The van der Waals surface area contributed by atoms with Crippen LogP contribution in [-0.4, -0.2) is 55.5 Å². The monoisotopic (exact) mass is 301 g/mol. The summed E-state index contributed by atoms with van der Waals surface area (Å²) in [5.74, 6) is -0.586. The smallest absolute Gasteiger partial charge is 0.410 e. The maximum absolute atomic E-state index is 12.1. The van der Waals surface area contributed by atoms with Gasteiger partial charge in [-0.2, -0.15) is 0 Å². The van der Waals surface area contributed by atoms with Gasteiger partial charge in [-0.3, -0.25) is 4.79 Å². The molecule has 0 saturated carbocycles. The quantitative estimate of drug-likeness (QED) is 0.728. The van der Waals surface area contributed by atoms with Crippen LogP contribution in [0.2, 0.25) is 0 Å². The first-order valence-electron chi connectivity index (χ1n) is 7.40. The highest BCUT2D eigenvalue weighted by atomic mass is 16.6. The molecule has 0 aliphatic carbocycles. The number of amides is 1. The Kier molecular flexibility index (Phi) is 6.45. The third-order valence-corrected chi connectivity index (χ3v) is 3.29. The van der Waals surface area contributed by atoms with E-state index in [4.69, 9.17) is 9.47 Å². The summed E-state index contributed by atoms with van der Waals surface area (Å²) in [7, 11) is 1.36. The zero-order valence-electron chi connectivity index (χ0n) is 13.7. The summed E-state index contributed by atoms with van der Waals surface area (Å²) in [5.41, 5.74) is -0.496. The average molecular weight is 301 g/mol. The summed E-state index contributed by atoms with van der Waals surface area (Å²) in [6, 6.07) is 0.0182. The van der Waals surface area contributed by atoms with Gasteiger partial charge in [0.05, 0.1) is 32.3 Å². The van der Waals surface area contributed by atoms with Crippen molar-refractivity contribution in [3.8, 4) is 0 Å². The Morgan fingerprint density at radius 2 is 2.00 bits per heavy atom. The molecule has 6 heteroatoms. The largest absolute Gasteiger partial charge is 0.469 e. The Bertz CT molecular complexity index is 364. The number of hydrogen-bond acceptors (Lipinski definition) is 5. The van der Waals surface area contributed by atoms with Crippen molar-refractivity contribution in [2.45, 2.75) is 52.2 Å². The van der Waals surface area contributed by atoms with Crippen molar-refractivity contribution < 1.29 is 23.8 Å². The number of methoxy groups -OCH3 is 1. The number of hydrogen-bond donors (Lipinski definition) is 0. The molecule has 21 heavy (non-hydrogen) atoms. The molecule has 1 saturated heterocycles. The second-order valence-electron chi connectivity index (χ2n) is 6.43. The molecule has 0 aromatic rings. The number of nitrogens with zero attached hydrogens (tertiary/aromatic N) is 1. The van der Waals surface area contributed by atoms with Gasteiger partial charge in [-0.1, -0.05) is 0 Å². The van der Waals surface area contributed by atoms with Crippen molar-refractivity contribution in [2.75, 3.05) is 26.9 Å². The number of carbonyl (C=O) groups excluding carboxylic acids is 2. The van der Waals surface area contributed by atoms with Crippen molar-refractivity contribution >= 4 is 12.1 Å². The van der Waals surface area contributed by atoms with Gasteiger partial charge in [0, 0.05) is 6.54 Å². The van der Waals surface area contributed by atoms with Gasteiger partial charge < -0.3 is 19.1 Å². The summed E-state index contributed by atoms with van der Waals surface area (Å²) in [6.45, 7) is 8.72. The molecule has 0 unspecified atom stereocenters. The molecule has 0 radical (unpaired) electrons. The van der Waals surface area contributed by atoms with Gasteiger partial charge >= 0.3 is 12.1 Å². The predicted molar refractivity (Wildman–Crippen MR) is 78.0 cm³/mol. The summed E-state index contributed by atoms with van der Waals surface area (Å²) >= 11 is 0. The molecule has 122 valence electrons. The van der Waals surface area contributed by atoms with Gasteiger partial charge in [-0.25, -0.2) is 4.79 Å². The van der Waals surface area contributed by atoms with Crippen LogP contribution >= 0.6 is 0 Å². The highest BCUT2D eigenvalue weighted by Gasteiger charge is 2.32. The van der Waals surface area contributed by atoms with Crippen LogP contribution < -0.4 is 0 Å². The van der Waals surface area contributed by atoms with E-state index in [1.54, 1.807) is 11.8 Å². The lowest BCUT2D eigenvalue weighted by molar-refractivity contribution is -0.147. The Balaban J connectivity index is 2.40. The van der Waals surface area contributed by atoms with Crippen molar-refractivity contribution in [3.05, 3.63) is 0 Å². The van der Waals surface area contributed by atoms with E-state index in [2.05, 4.69) is 4.74 Å². The second kappa shape index (κ2) is 7.64. The number of carbonyl (C=O) groups is 2. The first kappa shape index (κ1) is 17.8. The molecule has 0 spiro atoms. The Morgan fingerprint density at radius 1 is 1.33 bits per heavy atom. The van der Waals surface area contributed by atoms with E-state index in [9.17, 15) is 9.59 Å². The molecule has 1 amide bonds. The summed E-state index contributed by atoms with van der Waals surface area (Å²) in [5, 5.41) is 0. The molecular weight excluding hydrogens is 274 g/mol. The first-order chi connectivity index (χ1) is 9.74. The third-order valence-electron chi connectivity index (χ3n) is 3.29. The van der Waals surface area contributed by atoms with Gasteiger partial charge in [0.15, 0.2) is 0 Å². The van der Waals surface area contributed by atoms with E-state index in [1.807, 2.05) is 20.8 Å². The fourth-order valence-corrected chi connectivity index (χ4v) is 2.22. The third kappa shape index (κ3) is 5.91. The summed E-state index contributed by atoms with van der Waals surface area (Å²) in [4.78, 5) is 25.1. The van der Waals surface area contributed by atoms with Crippen LogP contribution in [-0.2, 0) is 19.0 Å². The average Bonchev–Trinajstić information content (AvgIpc) is 2.84. The molecule has 2 atom stereocenters. The second-order valence-corrected chi connectivity index (χ2v) is 6.43. The zero-order valence-corrected chi connectivity index (χ0v) is 13.7. The van der Waals surface area contributed by atoms with Crippen molar-refractivity contribution in [1.82, 2.24) is 4.90 Å². The SMILES string of the molecule is COC(=O)[C@@H](C)COC[C@@H]1CCCN1C(=O)OC(C)(C)C. The maximum atomic E-state index is 12.1. The predicted octanol–water partition coefficient (Wildman–Crippen LogP) is 2.21. The summed E-state index contributed by atoms with van der Waals surface area (Å²) < 4.78 is 15.6. The number of likely N-dealkylation sites (tertiary alicyclic amines) is 1. The normalized spacial score (nSPS) is 20.2. The topological polar surface area (TPSA) is 65.1 Å². The number of rotatable bonds is 5. The minimum atomic E-state index is -0.496. The maximum Gasteiger partial charge on any atom is 0.410 e. The van der Waals surface area contributed by atoms with E-state index in [0.717, 1.165) is 12.8 Å². The molecule has 1 heterocycles. The van der Waals surface area contributed by atoms with Crippen molar-refractivity contribution in [1.29, 1.82) is 0 Å². The lowest BCUT2D eigenvalue weighted by atomic mass is 10.2. The van der Waals surface area contributed by atoms with E-state index in [0.29, 0.717) is 19.8 Å². The van der Waals surface area contributed by atoms with E-state index >= 15 is 0 Å². The van der Waals surface area contributed by atoms with Gasteiger partial charge in [-0.15, -0.1) is 0 Å². The first-order valence-corrected chi connectivity index (χ1v) is 7.40. The van der Waals surface area contributed by atoms with E-state index < -0.39 is 5.60 Å². The zero-order chi connectivity index (χ0) is 16.0. The highest BCUT2D eigenvalue weighted by Crippen LogP contribution is 2.21. The Labute approximate surface area is 126 Å². The van der Waals surface area contributed by atoms with E-state index in [-0.39, 0.29) is 24.0 Å². The molecule has 1 rings (SSSR count). The standard InChI is InChI=1S/C15H27NO5/c1-11(13(17)19-5)9-20-10-12-7-6-8-16(12)14(18)21-15(2,3)4/h11-12H,6-10H2,1-5H3/t11-,12-/m0/s1. The molecule has 0 aromatic heterocycles. The molecular formula is C15H27NO5. The van der Waals surface area contributed by atoms with Crippen LogP contribution in [0.25, 0.3) is 0 Å². The number of esters is 1. The van der Waals surface area contributed by atoms with Crippen LogP contribution in [0.15, 0.2) is 0 Å². The number of ether oxygens (including phenoxy) is 3. The van der Waals surface area contributed by atoms with Gasteiger partial charge in [0.1, 0.15) is 5.60 Å². The van der Waals surface area contributed by atoms with Crippen LogP contribution in [0.4, 0.5) is 4.79 Å². The van der Waals surface area contributed by atoms with Crippen LogP contribution in [0.1, 0.15) is 40.5 Å². The molecule has 1 aliphatic heterocycles. The lowest BCUT2D eigenvalue weighted by Crippen LogP contribution is -2.42. The molecule has 1 aliphatic rings. The van der Waals surface area contributed by atoms with Gasteiger partial charge in [0.2, 0.25) is 0 Å². The Hall–Kier alpha value is -1.30. The van der Waals surface area contributed by atoms with Crippen LogP contribution in [0.3, 0.4) is 0 Å². The minimum absolute atomic E-state index is 0.0182. The van der Waals surface area contributed by atoms with E-state index in [1.165, 1.54) is 7.11 Å². The highest BCUT2D eigenvalue weighted by molar-refractivity contribution is 5.71. The Morgan fingerprint density at radius 3 is 2.57 bits per heavy atom. The molecule has 1 fully saturated rings. The van der Waals surface area contributed by atoms with Gasteiger partial charge in [-0.05, 0) is 40.5 Å². The molecule has 0 N–H and O–H groups in total. The minimum Gasteiger partial charge on any atom is -0.469 e. The summed E-state index contributed by atoms with van der Waals surface area (Å²) in [6.07, 6.45) is 1.54. The van der Waals surface area contributed by atoms with Crippen LogP contribution in [0.5, 0.6) is 0 Å². The fourth-order valence-electron chi connectivity index (χ4n) is 2.22. The van der Waals surface area contributed by atoms with Gasteiger partial charge in [0.25, 0.3) is 0 Å². The van der Waals surface area contributed by atoms with Crippen molar-refractivity contribution in [3.63, 3.8) is 0 Å². The van der Waals surface area contributed by atoms with Crippen molar-refractivity contribution in [2.24, 2.45) is 5.92 Å². The molecule has 0 bridgehead atoms.